The molecule has 0 aliphatic rings. The van der Waals surface area contributed by atoms with Gasteiger partial charge in [-0.2, -0.15) is 8.42 Å². The van der Waals surface area contributed by atoms with Gasteiger partial charge in [0.1, 0.15) is 17.3 Å². The largest absolute Gasteiger partial charge is 0.464 e. The number of hydrogen-bond acceptors (Lipinski definition) is 4. The topological polar surface area (TPSA) is 76.7 Å². The molecule has 0 aliphatic carbocycles. The van der Waals surface area contributed by atoms with Gasteiger partial charge in [0.05, 0.1) is 16.7 Å². The lowest BCUT2D eigenvalue weighted by Gasteiger charge is -2.11. The molecule has 0 unspecified atom stereocenters. The third kappa shape index (κ3) is 3.03. The first-order chi connectivity index (χ1) is 10.5. The van der Waals surface area contributed by atoms with E-state index in [2.05, 4.69) is 0 Å². The van der Waals surface area contributed by atoms with E-state index in [1.165, 1.54) is 24.5 Å². The van der Waals surface area contributed by atoms with Gasteiger partial charge >= 0.3 is 0 Å². The van der Waals surface area contributed by atoms with Crippen molar-refractivity contribution in [3.8, 4) is 22.8 Å². The fraction of sp³-hybridized carbons (Fsp3) is 0. The molecule has 0 radical (unpaired) electrons. The van der Waals surface area contributed by atoms with Crippen LogP contribution in [-0.4, -0.2) is 13.0 Å². The van der Waals surface area contributed by atoms with Crippen LogP contribution in [0, 0.1) is 0 Å². The van der Waals surface area contributed by atoms with Crippen LogP contribution in [0.3, 0.4) is 0 Å². The van der Waals surface area contributed by atoms with E-state index in [0.29, 0.717) is 22.8 Å². The summed E-state index contributed by atoms with van der Waals surface area (Å²) in [6.07, 6.45) is 1.47. The van der Waals surface area contributed by atoms with Gasteiger partial charge in [0.2, 0.25) is 0 Å². The molecule has 5 nitrogen and oxygen atoms in total. The van der Waals surface area contributed by atoms with Gasteiger partial charge < -0.3 is 9.15 Å². The molecular weight excluding hydrogens is 304 g/mol. The molecule has 1 heterocycles. The van der Waals surface area contributed by atoms with E-state index in [9.17, 15) is 13.0 Å². The summed E-state index contributed by atoms with van der Waals surface area (Å²) in [5, 5.41) is 0. The number of ether oxygens (including phenoxy) is 1. The van der Waals surface area contributed by atoms with Crippen LogP contribution in [0.4, 0.5) is 0 Å². The molecular formula is C16H12O5S. The Morgan fingerprint density at radius 3 is 2.36 bits per heavy atom. The summed E-state index contributed by atoms with van der Waals surface area (Å²) in [4.78, 5) is -0.223. The second-order valence-corrected chi connectivity index (χ2v) is 5.95. The molecule has 112 valence electrons. The van der Waals surface area contributed by atoms with Gasteiger partial charge in [-0.25, -0.2) is 0 Å². The number of rotatable bonds is 4. The van der Waals surface area contributed by atoms with Crippen molar-refractivity contribution >= 4 is 10.1 Å². The Kier molecular flexibility index (Phi) is 3.70. The second-order valence-electron chi connectivity index (χ2n) is 4.53. The van der Waals surface area contributed by atoms with E-state index in [-0.39, 0.29) is 4.90 Å². The standard InChI is InChI=1S/C16H12O5S/c17-22(18,19)13-8-9-16(21-12-5-2-1-3-6-12)14(11-13)15-7-4-10-20-15/h1-11H,(H,17,18,19). The third-order valence-corrected chi connectivity index (χ3v) is 3.86. The highest BCUT2D eigenvalue weighted by Crippen LogP contribution is 2.35. The van der Waals surface area contributed by atoms with Gasteiger partial charge in [0, 0.05) is 0 Å². The van der Waals surface area contributed by atoms with Crippen LogP contribution in [0.1, 0.15) is 0 Å². The number of para-hydroxylation sites is 1. The Morgan fingerprint density at radius 1 is 0.955 bits per heavy atom. The van der Waals surface area contributed by atoms with E-state index >= 15 is 0 Å². The van der Waals surface area contributed by atoms with Gasteiger partial charge in [-0.05, 0) is 42.5 Å². The Bertz CT molecular complexity index is 868. The molecule has 3 rings (SSSR count). The van der Waals surface area contributed by atoms with Crippen molar-refractivity contribution in [2.24, 2.45) is 0 Å². The average molecular weight is 316 g/mol. The molecule has 0 aliphatic heterocycles. The molecule has 1 N–H and O–H groups in total. The minimum atomic E-state index is -4.30. The molecule has 2 aromatic carbocycles. The highest BCUT2D eigenvalue weighted by Gasteiger charge is 2.16. The van der Waals surface area contributed by atoms with Crippen molar-refractivity contribution in [3.63, 3.8) is 0 Å². The first-order valence-corrected chi connectivity index (χ1v) is 7.86. The quantitative estimate of drug-likeness (QED) is 0.737. The van der Waals surface area contributed by atoms with E-state index in [1.54, 1.807) is 24.3 Å². The van der Waals surface area contributed by atoms with Crippen molar-refractivity contribution in [3.05, 3.63) is 66.9 Å². The van der Waals surface area contributed by atoms with Gasteiger partial charge in [-0.3, -0.25) is 4.55 Å². The van der Waals surface area contributed by atoms with E-state index < -0.39 is 10.1 Å². The van der Waals surface area contributed by atoms with Crippen molar-refractivity contribution in [2.45, 2.75) is 4.90 Å². The number of benzene rings is 2. The Labute approximate surface area is 127 Å². The maximum Gasteiger partial charge on any atom is 0.294 e. The lowest BCUT2D eigenvalue weighted by molar-refractivity contribution is 0.477. The molecule has 1 aromatic heterocycles. The molecule has 0 saturated heterocycles. The van der Waals surface area contributed by atoms with Crippen molar-refractivity contribution in [2.75, 3.05) is 0 Å². The SMILES string of the molecule is O=S(=O)(O)c1ccc(Oc2ccccc2)c(-c2ccco2)c1. The number of hydrogen-bond donors (Lipinski definition) is 1. The summed E-state index contributed by atoms with van der Waals surface area (Å²) < 4.78 is 42.9. The van der Waals surface area contributed by atoms with Crippen LogP contribution in [0.15, 0.2) is 76.2 Å². The van der Waals surface area contributed by atoms with Crippen LogP contribution in [-0.2, 0) is 10.1 Å². The maximum absolute atomic E-state index is 11.3. The van der Waals surface area contributed by atoms with Gasteiger partial charge in [-0.15, -0.1) is 0 Å². The fourth-order valence-corrected chi connectivity index (χ4v) is 2.51. The van der Waals surface area contributed by atoms with Gasteiger partial charge in [0.15, 0.2) is 0 Å². The lowest BCUT2D eigenvalue weighted by Crippen LogP contribution is -1.99. The predicted molar refractivity (Wildman–Crippen MR) is 80.5 cm³/mol. The summed E-state index contributed by atoms with van der Waals surface area (Å²) >= 11 is 0. The van der Waals surface area contributed by atoms with Crippen LogP contribution in [0.2, 0.25) is 0 Å². The zero-order valence-corrected chi connectivity index (χ0v) is 12.2. The van der Waals surface area contributed by atoms with Crippen molar-refractivity contribution in [1.29, 1.82) is 0 Å². The summed E-state index contributed by atoms with van der Waals surface area (Å²) in [6, 6.07) is 16.5. The predicted octanol–water partition coefficient (Wildman–Crippen LogP) is 3.99. The molecule has 0 saturated carbocycles. The minimum absolute atomic E-state index is 0.223. The Balaban J connectivity index is 2.10. The zero-order chi connectivity index (χ0) is 15.6. The van der Waals surface area contributed by atoms with Crippen LogP contribution < -0.4 is 4.74 Å². The summed E-state index contributed by atoms with van der Waals surface area (Å²) in [5.74, 6) is 1.47. The lowest BCUT2D eigenvalue weighted by atomic mass is 10.1. The molecule has 0 bridgehead atoms. The molecule has 0 amide bonds. The average Bonchev–Trinajstić information content (AvgIpc) is 3.01. The molecule has 0 spiro atoms. The van der Waals surface area contributed by atoms with E-state index in [4.69, 9.17) is 9.15 Å². The van der Waals surface area contributed by atoms with Gasteiger partial charge in [0.25, 0.3) is 10.1 Å². The summed E-state index contributed by atoms with van der Waals surface area (Å²) in [7, 11) is -4.30. The Morgan fingerprint density at radius 2 is 1.73 bits per heavy atom. The molecule has 22 heavy (non-hydrogen) atoms. The molecule has 0 atom stereocenters. The number of furan rings is 1. The van der Waals surface area contributed by atoms with Crippen LogP contribution in [0.5, 0.6) is 11.5 Å². The minimum Gasteiger partial charge on any atom is -0.464 e. The van der Waals surface area contributed by atoms with Crippen molar-refractivity contribution in [1.82, 2.24) is 0 Å². The van der Waals surface area contributed by atoms with E-state index in [0.717, 1.165) is 0 Å². The monoisotopic (exact) mass is 316 g/mol. The molecule has 6 heteroatoms. The highest BCUT2D eigenvalue weighted by molar-refractivity contribution is 7.85. The zero-order valence-electron chi connectivity index (χ0n) is 11.3. The Hall–Kier alpha value is -2.57. The van der Waals surface area contributed by atoms with Crippen LogP contribution in [0.25, 0.3) is 11.3 Å². The van der Waals surface area contributed by atoms with E-state index in [1.807, 2.05) is 18.2 Å². The summed E-state index contributed by atoms with van der Waals surface area (Å²) in [5.41, 5.74) is 0.434. The van der Waals surface area contributed by atoms with Gasteiger partial charge in [-0.1, -0.05) is 18.2 Å². The smallest absolute Gasteiger partial charge is 0.294 e. The summed E-state index contributed by atoms with van der Waals surface area (Å²) in [6.45, 7) is 0. The highest BCUT2D eigenvalue weighted by atomic mass is 32.2. The molecule has 0 fully saturated rings. The van der Waals surface area contributed by atoms with Crippen LogP contribution >= 0.6 is 0 Å². The fourth-order valence-electron chi connectivity index (χ4n) is 2.00. The second kappa shape index (κ2) is 5.67. The first kappa shape index (κ1) is 14.4. The maximum atomic E-state index is 11.3. The first-order valence-electron chi connectivity index (χ1n) is 6.42. The van der Waals surface area contributed by atoms with Crippen molar-refractivity contribution < 1.29 is 22.1 Å². The third-order valence-electron chi connectivity index (χ3n) is 3.01. The molecule has 3 aromatic rings. The normalized spacial score (nSPS) is 11.3.